The van der Waals surface area contributed by atoms with Crippen LogP contribution < -0.4 is 15.8 Å². The Morgan fingerprint density at radius 1 is 1.06 bits per heavy atom. The molecule has 2 aromatic rings. The van der Waals surface area contributed by atoms with Crippen molar-refractivity contribution in [2.75, 3.05) is 20.2 Å². The van der Waals surface area contributed by atoms with Crippen LogP contribution in [0, 0.1) is 0 Å². The first-order valence-corrected chi connectivity index (χ1v) is 15.8. The maximum absolute atomic E-state index is 13.9. The molecule has 4 aliphatic rings. The number of Topliss-reactive ketones (excluding diaryl/α,β-unsaturated/α-hetero) is 1. The van der Waals surface area contributed by atoms with Crippen molar-refractivity contribution >= 4 is 35.1 Å². The molecule has 2 aliphatic heterocycles. The largest absolute Gasteiger partial charge is 0.507 e. The second-order valence-corrected chi connectivity index (χ2v) is 12.7. The van der Waals surface area contributed by atoms with Crippen LogP contribution in [0.5, 0.6) is 17.2 Å². The second-order valence-electron chi connectivity index (χ2n) is 12.7. The molecule has 6 rings (SSSR count). The number of carbonyl (C=O) groups is 6. The van der Waals surface area contributed by atoms with Crippen molar-refractivity contribution in [3.05, 3.63) is 63.7 Å². The molecule has 50 heavy (non-hydrogen) atoms. The van der Waals surface area contributed by atoms with Crippen LogP contribution in [0.3, 0.4) is 0 Å². The van der Waals surface area contributed by atoms with Crippen LogP contribution >= 0.6 is 0 Å². The molecule has 2 heterocycles. The van der Waals surface area contributed by atoms with E-state index in [0.717, 1.165) is 17.1 Å². The molecule has 7 N–H and O–H groups in total. The number of methoxy groups -OCH3 is 1. The molecule has 0 radical (unpaired) electrons. The number of aromatic hydroxyl groups is 2. The van der Waals surface area contributed by atoms with Crippen LogP contribution in [0.25, 0.3) is 0 Å². The zero-order valence-corrected chi connectivity index (χ0v) is 27.0. The second kappa shape index (κ2) is 13.0. The Hall–Kier alpha value is -5.00. The minimum atomic E-state index is -2.36. The summed E-state index contributed by atoms with van der Waals surface area (Å²) in [5, 5.41) is 47.8. The lowest BCUT2D eigenvalue weighted by molar-refractivity contribution is -0.247. The average molecular weight is 694 g/mol. The molecular formula is C34H35N3O13. The Labute approximate surface area is 284 Å². The van der Waals surface area contributed by atoms with E-state index >= 15 is 0 Å². The van der Waals surface area contributed by atoms with Gasteiger partial charge in [0.1, 0.15) is 22.8 Å². The maximum atomic E-state index is 13.9. The Morgan fingerprint density at radius 3 is 2.40 bits per heavy atom. The van der Waals surface area contributed by atoms with Crippen LogP contribution in [0.1, 0.15) is 75.3 Å². The summed E-state index contributed by atoms with van der Waals surface area (Å²) in [7, 11) is 1.30. The van der Waals surface area contributed by atoms with E-state index in [2.05, 4.69) is 5.32 Å². The van der Waals surface area contributed by atoms with Crippen molar-refractivity contribution in [3.8, 4) is 17.2 Å². The van der Waals surface area contributed by atoms with Crippen molar-refractivity contribution in [2.45, 2.75) is 68.9 Å². The van der Waals surface area contributed by atoms with Gasteiger partial charge in [-0.1, -0.05) is 12.1 Å². The van der Waals surface area contributed by atoms with Crippen molar-refractivity contribution in [2.24, 2.45) is 5.73 Å². The molecule has 16 heteroatoms. The van der Waals surface area contributed by atoms with Crippen molar-refractivity contribution in [1.29, 1.82) is 0 Å². The Morgan fingerprint density at radius 2 is 1.74 bits per heavy atom. The maximum Gasteiger partial charge on any atom is 0.253 e. The smallest absolute Gasteiger partial charge is 0.253 e. The predicted molar refractivity (Wildman–Crippen MR) is 168 cm³/mol. The Kier molecular flexibility index (Phi) is 9.09. The number of ether oxygens (including phenoxy) is 3. The summed E-state index contributed by atoms with van der Waals surface area (Å²) in [4.78, 5) is 78.2. The summed E-state index contributed by atoms with van der Waals surface area (Å²) >= 11 is 0. The lowest BCUT2D eigenvalue weighted by Gasteiger charge is -2.42. The van der Waals surface area contributed by atoms with Crippen LogP contribution in [0.2, 0.25) is 0 Å². The van der Waals surface area contributed by atoms with Gasteiger partial charge >= 0.3 is 0 Å². The molecule has 264 valence electrons. The number of hydrogen-bond acceptors (Lipinski definition) is 14. The molecule has 0 spiro atoms. The number of phenols is 2. The molecule has 0 bridgehead atoms. The molecule has 2 aromatic carbocycles. The highest BCUT2D eigenvalue weighted by molar-refractivity contribution is 6.31. The number of rotatable bonds is 9. The summed E-state index contributed by atoms with van der Waals surface area (Å²) in [5.74, 6) is -5.86. The fraction of sp³-hybridized carbons (Fsp3) is 0.412. The van der Waals surface area contributed by atoms with Crippen LogP contribution in [-0.2, 0) is 35.1 Å². The number of aliphatic hydroxyl groups is 2. The third-order valence-corrected chi connectivity index (χ3v) is 9.57. The number of nitrogens with zero attached hydrogens (tertiary/aromatic N) is 1. The minimum absolute atomic E-state index is 0.0447. The highest BCUT2D eigenvalue weighted by Crippen LogP contribution is 2.52. The van der Waals surface area contributed by atoms with Crippen molar-refractivity contribution in [1.82, 2.24) is 10.2 Å². The number of nitrogens with two attached hydrogens (primary N) is 1. The monoisotopic (exact) mass is 693 g/mol. The molecule has 2 aliphatic carbocycles. The summed E-state index contributed by atoms with van der Waals surface area (Å²) < 4.78 is 17.2. The van der Waals surface area contributed by atoms with Gasteiger partial charge in [0.15, 0.2) is 17.9 Å². The summed E-state index contributed by atoms with van der Waals surface area (Å²) in [6.07, 6.45) is -3.86. The number of amides is 3. The van der Waals surface area contributed by atoms with Gasteiger partial charge in [-0.15, -0.1) is 0 Å². The van der Waals surface area contributed by atoms with E-state index in [-0.39, 0.29) is 47.4 Å². The van der Waals surface area contributed by atoms with Gasteiger partial charge in [-0.3, -0.25) is 33.7 Å². The van der Waals surface area contributed by atoms with E-state index in [1.54, 1.807) is 6.92 Å². The van der Waals surface area contributed by atoms with Gasteiger partial charge in [0.25, 0.3) is 11.8 Å². The lowest BCUT2D eigenvalue weighted by atomic mass is 9.71. The third kappa shape index (κ3) is 5.84. The minimum Gasteiger partial charge on any atom is -0.507 e. The van der Waals surface area contributed by atoms with Gasteiger partial charge in [0.05, 0.1) is 48.7 Å². The van der Waals surface area contributed by atoms with E-state index in [4.69, 9.17) is 19.9 Å². The predicted octanol–water partition coefficient (Wildman–Crippen LogP) is -0.560. The van der Waals surface area contributed by atoms with Gasteiger partial charge in [0, 0.05) is 67.1 Å². The van der Waals surface area contributed by atoms with Gasteiger partial charge in [-0.2, -0.15) is 0 Å². The highest BCUT2D eigenvalue weighted by Gasteiger charge is 2.50. The number of hydrogen-bond donors (Lipinski definition) is 6. The topological polar surface area (TPSA) is 252 Å². The molecule has 0 aromatic heterocycles. The summed E-state index contributed by atoms with van der Waals surface area (Å²) in [6, 6.07) is 3.50. The molecule has 6 atom stereocenters. The first-order valence-electron chi connectivity index (χ1n) is 15.8. The fourth-order valence-electron chi connectivity index (χ4n) is 6.90. The zero-order valence-electron chi connectivity index (χ0n) is 27.0. The van der Waals surface area contributed by atoms with Crippen LogP contribution in [0.4, 0.5) is 0 Å². The van der Waals surface area contributed by atoms with Crippen LogP contribution in [-0.4, -0.2) is 111 Å². The number of ketones is 3. The fourth-order valence-corrected chi connectivity index (χ4v) is 6.90. The molecule has 0 unspecified atom stereocenters. The first-order chi connectivity index (χ1) is 23.7. The number of nitrogens with one attached hydrogen (secondary N) is 1. The number of carbonyl (C=O) groups excluding carboxylic acids is 6. The average Bonchev–Trinajstić information content (AvgIpc) is 3.40. The summed E-state index contributed by atoms with van der Waals surface area (Å²) in [6.45, 7) is 0.598. The Bertz CT molecular complexity index is 1840. The number of imide groups is 1. The molecule has 1 saturated heterocycles. The van der Waals surface area contributed by atoms with E-state index in [0.29, 0.717) is 0 Å². The third-order valence-electron chi connectivity index (χ3n) is 9.57. The summed E-state index contributed by atoms with van der Waals surface area (Å²) in [5.41, 5.74) is 2.01. The quantitative estimate of drug-likeness (QED) is 0.121. The number of phenolic OH excluding ortho intramolecular Hbond substituents is 2. The number of benzene rings is 2. The number of fused-ring (bicyclic) bond motifs is 3. The van der Waals surface area contributed by atoms with E-state index in [9.17, 15) is 49.2 Å². The standard InChI is InChI=1S/C34H35N3O13/c1-14-29(42)17(35)10-24(49-14)50-19-12-34(47,20(38)13-36-21(39)8-9-37-22(40)6-7-23(37)41)11-16-26(19)33(46)28-27(31(16)44)30(43)15-4-3-5-18(48-2)25(15)32(28)45/h3-7,14,17,19,24,29,42,44,46-47H,8-13,35H2,1-2H3,(H,36,39)/t14-,17-,19-,24-,29+,34-/m0/s1. The van der Waals surface area contributed by atoms with E-state index in [1.165, 1.54) is 25.3 Å². The van der Waals surface area contributed by atoms with Gasteiger partial charge < -0.3 is 45.7 Å². The molecule has 3 amide bonds. The molecule has 0 saturated carbocycles. The molecular weight excluding hydrogens is 658 g/mol. The van der Waals surface area contributed by atoms with Crippen molar-refractivity contribution in [3.63, 3.8) is 0 Å². The van der Waals surface area contributed by atoms with Gasteiger partial charge in [-0.25, -0.2) is 0 Å². The normalized spacial score (nSPS) is 27.1. The lowest BCUT2D eigenvalue weighted by Crippen LogP contribution is -2.53. The van der Waals surface area contributed by atoms with E-state index in [1.807, 2.05) is 0 Å². The highest BCUT2D eigenvalue weighted by atomic mass is 16.7. The number of aliphatic hydroxyl groups excluding tert-OH is 1. The SMILES string of the molecule is COc1cccc2c1C(=O)c1c(O)c3c(c(O)c1C2=O)C[C@@](O)(C(=O)CNC(=O)CCN1C(=O)C=CC1=O)C[C@@H]3O[C@H]1C[C@H](N)[C@H](O)[C@H](C)O1. The molecule has 1 fully saturated rings. The van der Waals surface area contributed by atoms with Gasteiger partial charge in [0.2, 0.25) is 11.7 Å². The first kappa shape index (κ1) is 34.8. The van der Waals surface area contributed by atoms with E-state index < -0.39 is 113 Å². The molecule has 16 nitrogen and oxygen atoms in total. The Balaban J connectivity index is 1.34. The zero-order chi connectivity index (χ0) is 36.2. The van der Waals surface area contributed by atoms with Gasteiger partial charge in [-0.05, 0) is 13.0 Å². The van der Waals surface area contributed by atoms with Crippen molar-refractivity contribution < 1.29 is 63.4 Å². The van der Waals surface area contributed by atoms with Crippen LogP contribution in [0.15, 0.2) is 30.4 Å².